The number of thiophene rings is 1. The van der Waals surface area contributed by atoms with Gasteiger partial charge in [-0.05, 0) is 52.0 Å². The summed E-state index contributed by atoms with van der Waals surface area (Å²) in [5.74, 6) is -0.0400. The monoisotopic (exact) mass is 387 g/mol. The zero-order chi connectivity index (χ0) is 19.3. The molecule has 0 saturated carbocycles. The summed E-state index contributed by atoms with van der Waals surface area (Å²) < 4.78 is 5.45. The van der Waals surface area contributed by atoms with Crippen LogP contribution in [-0.4, -0.2) is 11.9 Å². The van der Waals surface area contributed by atoms with Crippen molar-refractivity contribution in [2.45, 2.75) is 6.42 Å². The van der Waals surface area contributed by atoms with E-state index in [-0.39, 0.29) is 18.3 Å². The van der Waals surface area contributed by atoms with Gasteiger partial charge in [0.15, 0.2) is 0 Å². The van der Waals surface area contributed by atoms with E-state index in [1.165, 1.54) is 11.3 Å². The van der Waals surface area contributed by atoms with Gasteiger partial charge in [0, 0.05) is 5.69 Å². The van der Waals surface area contributed by atoms with Gasteiger partial charge in [-0.25, -0.2) is 0 Å². The Hall–Kier alpha value is -3.44. The molecule has 0 saturated heterocycles. The lowest BCUT2D eigenvalue weighted by atomic mass is 10.0. The maximum absolute atomic E-state index is 12.4. The molecular weight excluding hydrogens is 370 g/mol. The number of carbonyl (C=O) groups is 2. The summed E-state index contributed by atoms with van der Waals surface area (Å²) in [5.41, 5.74) is 1.58. The Kier molecular flexibility index (Phi) is 5.17. The summed E-state index contributed by atoms with van der Waals surface area (Å²) in [7, 11) is 0. The molecule has 0 aliphatic heterocycles. The minimum absolute atomic E-state index is 0.157. The first kappa shape index (κ1) is 17.9. The maximum atomic E-state index is 12.4. The lowest BCUT2D eigenvalue weighted by molar-refractivity contribution is -0.133. The van der Waals surface area contributed by atoms with Crippen molar-refractivity contribution in [1.29, 1.82) is 0 Å². The minimum atomic E-state index is -0.327. The van der Waals surface area contributed by atoms with E-state index < -0.39 is 0 Å². The zero-order valence-electron chi connectivity index (χ0n) is 14.9. The highest BCUT2D eigenvalue weighted by Crippen LogP contribution is 2.21. The van der Waals surface area contributed by atoms with E-state index >= 15 is 0 Å². The molecule has 0 atom stereocenters. The van der Waals surface area contributed by atoms with Crippen molar-refractivity contribution in [1.82, 2.24) is 0 Å². The average Bonchev–Trinajstić information content (AvgIpc) is 3.25. The van der Waals surface area contributed by atoms with Crippen molar-refractivity contribution in [3.63, 3.8) is 0 Å². The molecule has 0 aliphatic rings. The summed E-state index contributed by atoms with van der Waals surface area (Å²) >= 11 is 1.38. The standard InChI is InChI=1S/C23H17NO3S/c25-22(15-17-7-3-6-16-5-1-2-8-20(16)17)27-19-12-10-18(11-13-19)24-23(26)21-9-4-14-28-21/h1-14H,15H2,(H,24,26). The van der Waals surface area contributed by atoms with Crippen LogP contribution in [0, 0.1) is 0 Å². The molecule has 4 nitrogen and oxygen atoms in total. The second-order valence-corrected chi connectivity index (χ2v) is 7.19. The van der Waals surface area contributed by atoms with Crippen molar-refractivity contribution in [3.8, 4) is 5.75 Å². The van der Waals surface area contributed by atoms with E-state index in [0.717, 1.165) is 16.3 Å². The van der Waals surface area contributed by atoms with Crippen LogP contribution < -0.4 is 10.1 Å². The number of ether oxygens (including phenoxy) is 1. The van der Waals surface area contributed by atoms with Crippen LogP contribution in [0.3, 0.4) is 0 Å². The quantitative estimate of drug-likeness (QED) is 0.373. The molecule has 138 valence electrons. The summed E-state index contributed by atoms with van der Waals surface area (Å²) in [6.07, 6.45) is 0.193. The summed E-state index contributed by atoms with van der Waals surface area (Å²) in [6.45, 7) is 0. The van der Waals surface area contributed by atoms with Crippen molar-refractivity contribution in [3.05, 3.63) is 94.7 Å². The van der Waals surface area contributed by atoms with E-state index in [1.807, 2.05) is 53.9 Å². The fourth-order valence-corrected chi connectivity index (χ4v) is 3.60. The summed E-state index contributed by atoms with van der Waals surface area (Å²) in [6, 6.07) is 24.2. The number of fused-ring (bicyclic) bond motifs is 1. The Bertz CT molecular complexity index is 1110. The van der Waals surface area contributed by atoms with E-state index in [0.29, 0.717) is 16.3 Å². The van der Waals surface area contributed by atoms with Crippen molar-refractivity contribution in [2.75, 3.05) is 5.32 Å². The number of esters is 1. The largest absolute Gasteiger partial charge is 0.426 e. The molecular formula is C23H17NO3S. The molecule has 0 fully saturated rings. The van der Waals surface area contributed by atoms with E-state index in [9.17, 15) is 9.59 Å². The average molecular weight is 387 g/mol. The van der Waals surface area contributed by atoms with Crippen LogP contribution in [-0.2, 0) is 11.2 Å². The zero-order valence-corrected chi connectivity index (χ0v) is 15.7. The molecule has 1 heterocycles. The van der Waals surface area contributed by atoms with Crippen LogP contribution >= 0.6 is 11.3 Å². The van der Waals surface area contributed by atoms with Crippen LogP contribution in [0.15, 0.2) is 84.2 Å². The second kappa shape index (κ2) is 8.06. The Labute approximate surface area is 166 Å². The first-order valence-electron chi connectivity index (χ1n) is 8.81. The van der Waals surface area contributed by atoms with Gasteiger partial charge < -0.3 is 10.1 Å². The van der Waals surface area contributed by atoms with E-state index in [4.69, 9.17) is 4.74 Å². The third-order valence-corrected chi connectivity index (χ3v) is 5.17. The number of amides is 1. The third-order valence-electron chi connectivity index (χ3n) is 4.30. The number of rotatable bonds is 5. The molecule has 0 bridgehead atoms. The molecule has 1 amide bonds. The Morgan fingerprint density at radius 1 is 0.857 bits per heavy atom. The van der Waals surface area contributed by atoms with Gasteiger partial charge in [0.2, 0.25) is 0 Å². The molecule has 5 heteroatoms. The number of benzene rings is 3. The molecule has 0 spiro atoms. The smallest absolute Gasteiger partial charge is 0.315 e. The highest BCUT2D eigenvalue weighted by atomic mass is 32.1. The van der Waals surface area contributed by atoms with Gasteiger partial charge in [0.05, 0.1) is 11.3 Å². The SMILES string of the molecule is O=C(Cc1cccc2ccccc12)Oc1ccc(NC(=O)c2cccs2)cc1. The van der Waals surface area contributed by atoms with Gasteiger partial charge >= 0.3 is 5.97 Å². The highest BCUT2D eigenvalue weighted by molar-refractivity contribution is 7.12. The molecule has 28 heavy (non-hydrogen) atoms. The van der Waals surface area contributed by atoms with Gasteiger partial charge in [-0.2, -0.15) is 0 Å². The predicted molar refractivity (Wildman–Crippen MR) is 112 cm³/mol. The minimum Gasteiger partial charge on any atom is -0.426 e. The third kappa shape index (κ3) is 4.10. The molecule has 0 unspecified atom stereocenters. The lowest BCUT2D eigenvalue weighted by Crippen LogP contribution is -2.12. The Morgan fingerprint density at radius 2 is 1.64 bits per heavy atom. The fraction of sp³-hybridized carbons (Fsp3) is 0.0435. The second-order valence-electron chi connectivity index (χ2n) is 6.24. The number of nitrogens with one attached hydrogen (secondary N) is 1. The normalized spacial score (nSPS) is 10.6. The van der Waals surface area contributed by atoms with Crippen LogP contribution in [0.4, 0.5) is 5.69 Å². The van der Waals surface area contributed by atoms with Gasteiger partial charge in [-0.3, -0.25) is 9.59 Å². The van der Waals surface area contributed by atoms with Gasteiger partial charge in [0.1, 0.15) is 5.75 Å². The number of hydrogen-bond donors (Lipinski definition) is 1. The van der Waals surface area contributed by atoms with Gasteiger partial charge in [-0.15, -0.1) is 11.3 Å². The molecule has 4 rings (SSSR count). The molecule has 4 aromatic rings. The first-order chi connectivity index (χ1) is 13.7. The summed E-state index contributed by atoms with van der Waals surface area (Å²) in [5, 5.41) is 6.82. The number of anilines is 1. The fourth-order valence-electron chi connectivity index (χ4n) is 2.98. The van der Waals surface area contributed by atoms with Crippen LogP contribution in [0.25, 0.3) is 10.8 Å². The number of hydrogen-bond acceptors (Lipinski definition) is 4. The van der Waals surface area contributed by atoms with E-state index in [1.54, 1.807) is 30.3 Å². The van der Waals surface area contributed by atoms with Gasteiger partial charge in [-0.1, -0.05) is 48.5 Å². The molecule has 0 aliphatic carbocycles. The number of carbonyl (C=O) groups excluding carboxylic acids is 2. The van der Waals surface area contributed by atoms with Crippen LogP contribution in [0.2, 0.25) is 0 Å². The molecule has 1 aromatic heterocycles. The van der Waals surface area contributed by atoms with Crippen molar-refractivity contribution >= 4 is 39.7 Å². The van der Waals surface area contributed by atoms with Crippen molar-refractivity contribution < 1.29 is 14.3 Å². The molecule has 1 N–H and O–H groups in total. The molecule has 0 radical (unpaired) electrons. The Balaban J connectivity index is 1.40. The Morgan fingerprint density at radius 3 is 2.43 bits per heavy atom. The molecule has 3 aromatic carbocycles. The highest BCUT2D eigenvalue weighted by Gasteiger charge is 2.10. The first-order valence-corrected chi connectivity index (χ1v) is 9.69. The predicted octanol–water partition coefficient (Wildman–Crippen LogP) is 5.30. The van der Waals surface area contributed by atoms with Crippen molar-refractivity contribution in [2.24, 2.45) is 0 Å². The topological polar surface area (TPSA) is 55.4 Å². The van der Waals surface area contributed by atoms with Crippen LogP contribution in [0.5, 0.6) is 5.75 Å². The summed E-state index contributed by atoms with van der Waals surface area (Å²) in [4.78, 5) is 25.1. The van der Waals surface area contributed by atoms with Gasteiger partial charge in [0.25, 0.3) is 5.91 Å². The van der Waals surface area contributed by atoms with Crippen LogP contribution in [0.1, 0.15) is 15.2 Å². The maximum Gasteiger partial charge on any atom is 0.315 e. The van der Waals surface area contributed by atoms with E-state index in [2.05, 4.69) is 5.32 Å². The lowest BCUT2D eigenvalue weighted by Gasteiger charge is -2.08.